The molecule has 0 spiro atoms. The second kappa shape index (κ2) is 11.6. The Balaban J connectivity index is 1.64. The van der Waals surface area contributed by atoms with Gasteiger partial charge in [-0.3, -0.25) is 10.2 Å². The van der Waals surface area contributed by atoms with Crippen LogP contribution >= 0.6 is 11.3 Å². The van der Waals surface area contributed by atoms with Crippen molar-refractivity contribution in [1.82, 2.24) is 4.98 Å². The van der Waals surface area contributed by atoms with E-state index in [1.165, 1.54) is 11.3 Å². The van der Waals surface area contributed by atoms with Crippen molar-refractivity contribution in [1.29, 1.82) is 0 Å². The summed E-state index contributed by atoms with van der Waals surface area (Å²) in [5.74, 6) is -0.0116. The summed E-state index contributed by atoms with van der Waals surface area (Å²) in [5.41, 5.74) is 4.65. The number of aromatic nitrogens is 1. The second-order valence-corrected chi connectivity index (χ2v) is 7.25. The van der Waals surface area contributed by atoms with Gasteiger partial charge in [0.2, 0.25) is 5.13 Å². The van der Waals surface area contributed by atoms with Gasteiger partial charge in [-0.15, -0.1) is 11.3 Å². The van der Waals surface area contributed by atoms with Crippen molar-refractivity contribution in [2.45, 2.75) is 20.3 Å². The number of benzene rings is 2. The highest BCUT2D eigenvalue weighted by Gasteiger charge is 2.13. The van der Waals surface area contributed by atoms with Crippen molar-refractivity contribution in [2.24, 2.45) is 5.10 Å². The van der Waals surface area contributed by atoms with E-state index in [2.05, 4.69) is 15.5 Å². The van der Waals surface area contributed by atoms with Crippen LogP contribution < -0.4 is 14.9 Å². The lowest BCUT2D eigenvalue weighted by atomic mass is 10.2. The molecule has 0 saturated heterocycles. The molecule has 1 N–H and O–H groups in total. The highest BCUT2D eigenvalue weighted by Crippen LogP contribution is 2.29. The van der Waals surface area contributed by atoms with E-state index in [4.69, 9.17) is 14.2 Å². The highest BCUT2D eigenvalue weighted by atomic mass is 32.1. The number of ether oxygens (including phenoxy) is 3. The van der Waals surface area contributed by atoms with Crippen LogP contribution in [-0.2, 0) is 16.0 Å². The van der Waals surface area contributed by atoms with Crippen molar-refractivity contribution in [3.8, 4) is 11.5 Å². The Bertz CT molecular complexity index is 1080. The molecule has 9 heteroatoms. The molecule has 0 atom stereocenters. The second-order valence-electron chi connectivity index (χ2n) is 6.39. The maximum atomic E-state index is 12.3. The summed E-state index contributed by atoms with van der Waals surface area (Å²) in [4.78, 5) is 28.2. The molecule has 0 fully saturated rings. The van der Waals surface area contributed by atoms with E-state index in [0.717, 1.165) is 5.56 Å². The molecule has 0 unspecified atom stereocenters. The number of esters is 2. The van der Waals surface area contributed by atoms with Gasteiger partial charge in [0.15, 0.2) is 11.5 Å². The first kappa shape index (κ1) is 23.0. The van der Waals surface area contributed by atoms with Crippen LogP contribution in [0.2, 0.25) is 0 Å². The molecule has 3 rings (SSSR count). The minimum atomic E-state index is -0.461. The minimum Gasteiger partial charge on any atom is -0.490 e. The Morgan fingerprint density at radius 3 is 2.66 bits per heavy atom. The summed E-state index contributed by atoms with van der Waals surface area (Å²) < 4.78 is 16.0. The molecule has 166 valence electrons. The Kier molecular flexibility index (Phi) is 8.33. The average Bonchev–Trinajstić information content (AvgIpc) is 3.23. The highest BCUT2D eigenvalue weighted by molar-refractivity contribution is 7.13. The summed E-state index contributed by atoms with van der Waals surface area (Å²) >= 11 is 1.34. The molecule has 2 aromatic carbocycles. The van der Waals surface area contributed by atoms with Gasteiger partial charge in [0.25, 0.3) is 0 Å². The van der Waals surface area contributed by atoms with Crippen LogP contribution in [0.5, 0.6) is 11.5 Å². The van der Waals surface area contributed by atoms with Gasteiger partial charge in [0.05, 0.1) is 37.1 Å². The normalized spacial score (nSPS) is 10.7. The van der Waals surface area contributed by atoms with E-state index in [0.29, 0.717) is 41.1 Å². The number of nitrogens with zero attached hydrogens (tertiary/aromatic N) is 2. The molecule has 0 aliphatic heterocycles. The summed E-state index contributed by atoms with van der Waals surface area (Å²) in [6, 6.07) is 13.9. The summed E-state index contributed by atoms with van der Waals surface area (Å²) in [5, 5.41) is 6.50. The Morgan fingerprint density at radius 1 is 1.09 bits per heavy atom. The topological polar surface area (TPSA) is 99.1 Å². The van der Waals surface area contributed by atoms with Gasteiger partial charge in [0, 0.05) is 5.38 Å². The van der Waals surface area contributed by atoms with Crippen LogP contribution in [-0.4, -0.2) is 36.4 Å². The summed E-state index contributed by atoms with van der Waals surface area (Å²) in [6.07, 6.45) is 1.72. The predicted octanol–water partition coefficient (Wildman–Crippen LogP) is 4.31. The molecule has 0 amide bonds. The smallest absolute Gasteiger partial charge is 0.343 e. The quantitative estimate of drug-likeness (QED) is 0.211. The zero-order valence-corrected chi connectivity index (χ0v) is 18.6. The summed E-state index contributed by atoms with van der Waals surface area (Å²) in [7, 11) is 0. The Labute approximate surface area is 189 Å². The number of nitrogens with one attached hydrogen (secondary N) is 1. The molecule has 32 heavy (non-hydrogen) atoms. The van der Waals surface area contributed by atoms with E-state index in [9.17, 15) is 9.59 Å². The zero-order valence-electron chi connectivity index (χ0n) is 17.7. The number of anilines is 1. The van der Waals surface area contributed by atoms with Crippen molar-refractivity contribution in [3.05, 3.63) is 70.7 Å². The number of hydrogen-bond donors (Lipinski definition) is 1. The van der Waals surface area contributed by atoms with Crippen molar-refractivity contribution in [3.63, 3.8) is 0 Å². The molecule has 1 aromatic heterocycles. The molecule has 0 aliphatic rings. The first-order chi connectivity index (χ1) is 15.6. The van der Waals surface area contributed by atoms with Crippen molar-refractivity contribution >= 4 is 34.6 Å². The van der Waals surface area contributed by atoms with Crippen LogP contribution in [0.4, 0.5) is 5.13 Å². The molecule has 3 aromatic rings. The Morgan fingerprint density at radius 2 is 1.91 bits per heavy atom. The number of hydrazone groups is 1. The fourth-order valence-electron chi connectivity index (χ4n) is 2.65. The van der Waals surface area contributed by atoms with Crippen LogP contribution in [0.25, 0.3) is 0 Å². The molecule has 0 saturated carbocycles. The SMILES string of the molecule is CCOC(=O)Cc1csc(NN=Cc2ccc(OC(=O)c3ccccc3)c(OCC)c2)n1. The standard InChI is InChI=1S/C23H23N3O5S/c1-3-29-20-12-16(10-11-19(20)31-22(28)17-8-6-5-7-9-17)14-24-26-23-25-18(15-32-23)13-21(27)30-4-2/h5-12,14-15H,3-4,13H2,1-2H3,(H,25,26). The van der Waals surface area contributed by atoms with E-state index in [1.807, 2.05) is 13.0 Å². The maximum absolute atomic E-state index is 12.3. The lowest BCUT2D eigenvalue weighted by Crippen LogP contribution is -2.09. The fraction of sp³-hybridized carbons (Fsp3) is 0.217. The van der Waals surface area contributed by atoms with Gasteiger partial charge in [-0.05, 0) is 49.7 Å². The van der Waals surface area contributed by atoms with Gasteiger partial charge in [-0.1, -0.05) is 18.2 Å². The summed E-state index contributed by atoms with van der Waals surface area (Å²) in [6.45, 7) is 4.36. The first-order valence-corrected chi connectivity index (χ1v) is 10.9. The molecular weight excluding hydrogens is 430 g/mol. The third-order valence-corrected chi connectivity index (χ3v) is 4.83. The predicted molar refractivity (Wildman–Crippen MR) is 123 cm³/mol. The van der Waals surface area contributed by atoms with Crippen LogP contribution in [0.15, 0.2) is 59.0 Å². The van der Waals surface area contributed by atoms with E-state index >= 15 is 0 Å². The number of carbonyl (C=O) groups excluding carboxylic acids is 2. The third-order valence-electron chi connectivity index (χ3n) is 4.04. The number of hydrogen-bond acceptors (Lipinski definition) is 9. The average molecular weight is 454 g/mol. The Hall–Kier alpha value is -3.72. The molecular formula is C23H23N3O5S. The fourth-order valence-corrected chi connectivity index (χ4v) is 3.31. The first-order valence-electron chi connectivity index (χ1n) is 10.0. The maximum Gasteiger partial charge on any atom is 0.343 e. The van der Waals surface area contributed by atoms with Gasteiger partial charge >= 0.3 is 11.9 Å². The van der Waals surface area contributed by atoms with Crippen LogP contribution in [0.1, 0.15) is 35.5 Å². The molecule has 0 aliphatic carbocycles. The third kappa shape index (κ3) is 6.64. The lowest BCUT2D eigenvalue weighted by Gasteiger charge is -2.11. The van der Waals surface area contributed by atoms with Gasteiger partial charge < -0.3 is 14.2 Å². The molecule has 0 bridgehead atoms. The van der Waals surface area contributed by atoms with Gasteiger partial charge in [0.1, 0.15) is 0 Å². The van der Waals surface area contributed by atoms with Crippen molar-refractivity contribution in [2.75, 3.05) is 18.6 Å². The van der Waals surface area contributed by atoms with Crippen molar-refractivity contribution < 1.29 is 23.8 Å². The largest absolute Gasteiger partial charge is 0.490 e. The van der Waals surface area contributed by atoms with E-state index in [1.54, 1.807) is 61.0 Å². The number of rotatable bonds is 10. The van der Waals surface area contributed by atoms with Gasteiger partial charge in [-0.25, -0.2) is 9.78 Å². The van der Waals surface area contributed by atoms with Gasteiger partial charge in [-0.2, -0.15) is 5.10 Å². The molecule has 0 radical (unpaired) electrons. The van der Waals surface area contributed by atoms with Crippen LogP contribution in [0, 0.1) is 0 Å². The monoisotopic (exact) mass is 453 g/mol. The van der Waals surface area contributed by atoms with E-state index in [-0.39, 0.29) is 12.4 Å². The minimum absolute atomic E-state index is 0.122. The number of thiazole rings is 1. The molecule has 8 nitrogen and oxygen atoms in total. The zero-order chi connectivity index (χ0) is 22.8. The van der Waals surface area contributed by atoms with Crippen LogP contribution in [0.3, 0.4) is 0 Å². The molecule has 1 heterocycles. The van der Waals surface area contributed by atoms with E-state index < -0.39 is 5.97 Å². The lowest BCUT2D eigenvalue weighted by molar-refractivity contribution is -0.142. The number of carbonyl (C=O) groups is 2.